The molecule has 0 saturated carbocycles. The van der Waals surface area contributed by atoms with Crippen LogP contribution in [0.4, 0.5) is 10.5 Å². The quantitative estimate of drug-likeness (QED) is 0.419. The molecule has 3 rings (SSSR count). The van der Waals surface area contributed by atoms with E-state index in [9.17, 15) is 24.5 Å². The molecule has 2 N–H and O–H groups in total. The van der Waals surface area contributed by atoms with E-state index in [2.05, 4.69) is 10.6 Å². The Kier molecular flexibility index (Phi) is 5.58. The van der Waals surface area contributed by atoms with Gasteiger partial charge in [0.1, 0.15) is 12.1 Å². The third kappa shape index (κ3) is 4.23. The van der Waals surface area contributed by atoms with E-state index in [0.717, 1.165) is 10.5 Å². The van der Waals surface area contributed by atoms with Gasteiger partial charge in [-0.1, -0.05) is 42.5 Å². The molecule has 9 heteroatoms. The van der Waals surface area contributed by atoms with Crippen LogP contribution in [0.15, 0.2) is 54.6 Å². The fraction of sp³-hybridized carbons (Fsp3) is 0.250. The largest absolute Gasteiger partial charge is 0.354 e. The van der Waals surface area contributed by atoms with E-state index in [0.29, 0.717) is 13.0 Å². The van der Waals surface area contributed by atoms with Gasteiger partial charge < -0.3 is 10.6 Å². The molecule has 1 saturated heterocycles. The number of nitro groups is 1. The first-order valence-corrected chi connectivity index (χ1v) is 9.01. The Morgan fingerprint density at radius 1 is 1.17 bits per heavy atom. The summed E-state index contributed by atoms with van der Waals surface area (Å²) >= 11 is 0. The summed E-state index contributed by atoms with van der Waals surface area (Å²) in [6.07, 6.45) is 0.623. The van der Waals surface area contributed by atoms with Gasteiger partial charge in [0.2, 0.25) is 5.91 Å². The molecule has 1 fully saturated rings. The molecule has 1 atom stereocenters. The number of carbonyl (C=O) groups excluding carboxylic acids is 3. The Morgan fingerprint density at radius 2 is 1.90 bits per heavy atom. The van der Waals surface area contributed by atoms with E-state index in [1.165, 1.54) is 31.2 Å². The highest BCUT2D eigenvalue weighted by Gasteiger charge is 2.49. The third-order valence-electron chi connectivity index (χ3n) is 4.79. The molecule has 150 valence electrons. The predicted molar refractivity (Wildman–Crippen MR) is 104 cm³/mol. The summed E-state index contributed by atoms with van der Waals surface area (Å²) < 4.78 is 0. The maximum atomic E-state index is 12.8. The molecule has 0 aromatic heterocycles. The zero-order valence-electron chi connectivity index (χ0n) is 15.8. The first-order chi connectivity index (χ1) is 13.8. The van der Waals surface area contributed by atoms with E-state index in [1.54, 1.807) is 0 Å². The number of imide groups is 1. The molecule has 29 heavy (non-hydrogen) atoms. The van der Waals surface area contributed by atoms with E-state index >= 15 is 0 Å². The van der Waals surface area contributed by atoms with Crippen molar-refractivity contribution in [3.63, 3.8) is 0 Å². The Bertz CT molecular complexity index is 962. The fourth-order valence-electron chi connectivity index (χ4n) is 3.16. The highest BCUT2D eigenvalue weighted by atomic mass is 16.6. The summed E-state index contributed by atoms with van der Waals surface area (Å²) in [7, 11) is 0. The highest BCUT2D eigenvalue weighted by molar-refractivity contribution is 6.09. The van der Waals surface area contributed by atoms with Crippen LogP contribution in [0, 0.1) is 10.1 Å². The second-order valence-corrected chi connectivity index (χ2v) is 6.84. The number of benzene rings is 2. The topological polar surface area (TPSA) is 122 Å². The molecule has 0 bridgehead atoms. The minimum absolute atomic E-state index is 0.192. The van der Waals surface area contributed by atoms with Crippen LogP contribution in [0.1, 0.15) is 18.1 Å². The maximum absolute atomic E-state index is 12.8. The van der Waals surface area contributed by atoms with Crippen molar-refractivity contribution >= 4 is 23.5 Å². The van der Waals surface area contributed by atoms with Crippen molar-refractivity contribution in [2.45, 2.75) is 18.9 Å². The average molecular weight is 396 g/mol. The van der Waals surface area contributed by atoms with Crippen LogP contribution in [0.25, 0.3) is 0 Å². The van der Waals surface area contributed by atoms with Crippen molar-refractivity contribution in [1.29, 1.82) is 0 Å². The first-order valence-electron chi connectivity index (χ1n) is 9.01. The predicted octanol–water partition coefficient (Wildman–Crippen LogP) is 1.72. The van der Waals surface area contributed by atoms with Gasteiger partial charge in [-0.05, 0) is 24.5 Å². The number of hydrogen-bond acceptors (Lipinski definition) is 5. The van der Waals surface area contributed by atoms with E-state index in [-0.39, 0.29) is 11.3 Å². The van der Waals surface area contributed by atoms with Crippen molar-refractivity contribution in [2.75, 3.05) is 13.1 Å². The van der Waals surface area contributed by atoms with E-state index < -0.39 is 34.9 Å². The van der Waals surface area contributed by atoms with Crippen LogP contribution >= 0.6 is 0 Å². The van der Waals surface area contributed by atoms with Crippen molar-refractivity contribution in [2.24, 2.45) is 0 Å². The number of amides is 4. The van der Waals surface area contributed by atoms with Crippen molar-refractivity contribution in [3.8, 4) is 0 Å². The summed E-state index contributed by atoms with van der Waals surface area (Å²) in [4.78, 5) is 48.6. The lowest BCUT2D eigenvalue weighted by Gasteiger charge is -2.22. The van der Waals surface area contributed by atoms with Crippen molar-refractivity contribution in [3.05, 3.63) is 75.8 Å². The first kappa shape index (κ1) is 20.0. The molecule has 1 unspecified atom stereocenters. The smallest absolute Gasteiger partial charge is 0.325 e. The minimum atomic E-state index is -1.48. The molecule has 0 spiro atoms. The van der Waals surface area contributed by atoms with Crippen LogP contribution in [-0.4, -0.2) is 40.8 Å². The molecule has 0 radical (unpaired) electrons. The lowest BCUT2D eigenvalue weighted by atomic mass is 9.91. The second-order valence-electron chi connectivity index (χ2n) is 6.84. The summed E-state index contributed by atoms with van der Waals surface area (Å²) in [5.74, 6) is -1.10. The molecule has 1 heterocycles. The maximum Gasteiger partial charge on any atom is 0.325 e. The lowest BCUT2D eigenvalue weighted by Crippen LogP contribution is -2.43. The van der Waals surface area contributed by atoms with Gasteiger partial charge in [-0.25, -0.2) is 4.79 Å². The standard InChI is InChI=1S/C20H20N4O5/c1-20(15-8-5-9-16(12-15)24(28)29)18(26)23(19(27)22-20)13-17(25)21-11-10-14-6-3-2-4-7-14/h2-9,12H,10-11,13H2,1H3,(H,21,25)(H,22,27). The molecule has 1 aliphatic heterocycles. The number of nitro benzene ring substituents is 1. The second kappa shape index (κ2) is 8.09. The molecule has 4 amide bonds. The number of carbonyl (C=O) groups is 3. The molecule has 2 aromatic carbocycles. The van der Waals surface area contributed by atoms with Crippen LogP contribution in [0.5, 0.6) is 0 Å². The monoisotopic (exact) mass is 396 g/mol. The van der Waals surface area contributed by atoms with Gasteiger partial charge in [-0.2, -0.15) is 0 Å². The Labute approximate surface area is 166 Å². The SMILES string of the molecule is CC1(c2cccc([N+](=O)[O-])c2)NC(=O)N(CC(=O)NCCc2ccccc2)C1=O. The fourth-order valence-corrected chi connectivity index (χ4v) is 3.16. The molecule has 2 aromatic rings. The molecule has 9 nitrogen and oxygen atoms in total. The van der Waals surface area contributed by atoms with Crippen molar-refractivity contribution < 1.29 is 19.3 Å². The zero-order chi connectivity index (χ0) is 21.0. The van der Waals surface area contributed by atoms with Crippen LogP contribution < -0.4 is 10.6 Å². The lowest BCUT2D eigenvalue weighted by molar-refractivity contribution is -0.385. The van der Waals surface area contributed by atoms with Gasteiger partial charge >= 0.3 is 6.03 Å². The molecule has 1 aliphatic rings. The molecule has 0 aliphatic carbocycles. The van der Waals surface area contributed by atoms with Crippen LogP contribution in [0.3, 0.4) is 0 Å². The molecular weight excluding hydrogens is 376 g/mol. The number of rotatable bonds is 7. The third-order valence-corrected chi connectivity index (χ3v) is 4.79. The minimum Gasteiger partial charge on any atom is -0.354 e. The summed E-state index contributed by atoms with van der Waals surface area (Å²) in [6, 6.07) is 14.4. The number of nitrogens with one attached hydrogen (secondary N) is 2. The number of nitrogens with zero attached hydrogens (tertiary/aromatic N) is 2. The van der Waals surface area contributed by atoms with Gasteiger partial charge in [0.15, 0.2) is 0 Å². The van der Waals surface area contributed by atoms with Crippen LogP contribution in [0.2, 0.25) is 0 Å². The number of non-ortho nitro benzene ring substituents is 1. The van der Waals surface area contributed by atoms with E-state index in [4.69, 9.17) is 0 Å². The van der Waals surface area contributed by atoms with Gasteiger partial charge in [0, 0.05) is 18.7 Å². The van der Waals surface area contributed by atoms with E-state index in [1.807, 2.05) is 30.3 Å². The van der Waals surface area contributed by atoms with Gasteiger partial charge in [0.25, 0.3) is 11.6 Å². The van der Waals surface area contributed by atoms with Crippen molar-refractivity contribution in [1.82, 2.24) is 15.5 Å². The zero-order valence-corrected chi connectivity index (χ0v) is 15.8. The molecular formula is C20H20N4O5. The van der Waals surface area contributed by atoms with Gasteiger partial charge in [-0.3, -0.25) is 24.6 Å². The Hall–Kier alpha value is -3.75. The summed E-state index contributed by atoms with van der Waals surface area (Å²) in [5, 5.41) is 16.2. The Balaban J connectivity index is 1.64. The van der Waals surface area contributed by atoms with Gasteiger partial charge in [-0.15, -0.1) is 0 Å². The number of hydrogen-bond donors (Lipinski definition) is 2. The van der Waals surface area contributed by atoms with Crippen LogP contribution in [-0.2, 0) is 21.5 Å². The average Bonchev–Trinajstić information content (AvgIpc) is 2.93. The summed E-state index contributed by atoms with van der Waals surface area (Å²) in [5.41, 5.74) is -0.339. The highest BCUT2D eigenvalue weighted by Crippen LogP contribution is 2.30. The Morgan fingerprint density at radius 3 is 2.59 bits per heavy atom. The van der Waals surface area contributed by atoms with Gasteiger partial charge in [0.05, 0.1) is 4.92 Å². The number of urea groups is 1. The summed E-state index contributed by atoms with van der Waals surface area (Å²) in [6.45, 7) is 1.40. The normalized spacial score (nSPS) is 18.4.